The smallest absolute Gasteiger partial charge is 0.263 e. The van der Waals surface area contributed by atoms with E-state index in [1.165, 1.54) is 19.5 Å². The third kappa shape index (κ3) is 8.39. The minimum absolute atomic E-state index is 0.0303. The van der Waals surface area contributed by atoms with Crippen LogP contribution in [0.15, 0.2) is 71.9 Å². The van der Waals surface area contributed by atoms with Crippen molar-refractivity contribution in [3.63, 3.8) is 0 Å². The predicted molar refractivity (Wildman–Crippen MR) is 163 cm³/mol. The molecule has 0 amide bonds. The second-order valence-corrected chi connectivity index (χ2v) is 12.7. The second kappa shape index (κ2) is 13.8. The molecule has 0 saturated carbocycles. The molecule has 0 spiro atoms. The highest BCUT2D eigenvalue weighted by molar-refractivity contribution is 7.92. The topological polar surface area (TPSA) is 135 Å². The maximum atomic E-state index is 13.7. The largest absolute Gasteiger partial charge is 0.493 e. The van der Waals surface area contributed by atoms with E-state index in [1.807, 2.05) is 13.8 Å². The van der Waals surface area contributed by atoms with E-state index in [2.05, 4.69) is 45.4 Å². The van der Waals surface area contributed by atoms with Crippen LogP contribution in [0.3, 0.4) is 0 Å². The highest BCUT2D eigenvalue weighted by Crippen LogP contribution is 2.41. The van der Waals surface area contributed by atoms with Crippen LogP contribution < -0.4 is 18.9 Å². The summed E-state index contributed by atoms with van der Waals surface area (Å²) in [5.74, 6) is 1.00. The Morgan fingerprint density at radius 2 is 1.53 bits per heavy atom. The highest BCUT2D eigenvalue weighted by Gasteiger charge is 2.26. The Labute approximate surface area is 252 Å². The van der Waals surface area contributed by atoms with Gasteiger partial charge in [0.2, 0.25) is 11.6 Å². The number of aromatic nitrogens is 4. The van der Waals surface area contributed by atoms with Gasteiger partial charge in [-0.3, -0.25) is 4.72 Å². The molecule has 0 bridgehead atoms. The van der Waals surface area contributed by atoms with Gasteiger partial charge in [-0.2, -0.15) is 4.98 Å². The van der Waals surface area contributed by atoms with Gasteiger partial charge in [0, 0.05) is 19.0 Å². The average Bonchev–Trinajstić information content (AvgIpc) is 2.98. The van der Waals surface area contributed by atoms with Crippen LogP contribution in [0, 0.1) is 5.92 Å². The molecule has 2 aromatic carbocycles. The molecule has 2 aromatic heterocycles. The summed E-state index contributed by atoms with van der Waals surface area (Å²) >= 11 is 0. The van der Waals surface area contributed by atoms with Gasteiger partial charge in [0.25, 0.3) is 15.9 Å². The first-order chi connectivity index (χ1) is 20.5. The summed E-state index contributed by atoms with van der Waals surface area (Å²) in [4.78, 5) is 17.5. The number of sulfonamides is 1. The van der Waals surface area contributed by atoms with Gasteiger partial charge in [-0.1, -0.05) is 58.9 Å². The number of hydrogen-bond acceptors (Lipinski definition) is 10. The quantitative estimate of drug-likeness (QED) is 0.184. The summed E-state index contributed by atoms with van der Waals surface area (Å²) in [5, 5.41) is 0. The molecule has 4 aromatic rings. The van der Waals surface area contributed by atoms with Crippen molar-refractivity contribution < 1.29 is 27.4 Å². The number of nitrogens with zero attached hydrogens (tertiary/aromatic N) is 4. The monoisotopic (exact) mass is 607 g/mol. The Bertz CT molecular complexity index is 1610. The minimum Gasteiger partial charge on any atom is -0.493 e. The van der Waals surface area contributed by atoms with Crippen LogP contribution in [0.5, 0.6) is 23.1 Å². The summed E-state index contributed by atoms with van der Waals surface area (Å²) in [6, 6.07) is 15.3. The van der Waals surface area contributed by atoms with E-state index in [0.717, 1.165) is 5.56 Å². The van der Waals surface area contributed by atoms with Gasteiger partial charge in [0.1, 0.15) is 6.61 Å². The number of benzene rings is 2. The first-order valence-electron chi connectivity index (χ1n) is 13.8. The Hall–Kier alpha value is -4.29. The van der Waals surface area contributed by atoms with Crippen LogP contribution in [0.25, 0.3) is 11.6 Å². The van der Waals surface area contributed by atoms with Gasteiger partial charge < -0.3 is 18.9 Å². The lowest BCUT2D eigenvalue weighted by Crippen LogP contribution is -2.18. The van der Waals surface area contributed by atoms with Crippen LogP contribution in [-0.4, -0.2) is 55.3 Å². The van der Waals surface area contributed by atoms with Gasteiger partial charge >= 0.3 is 0 Å². The molecule has 0 radical (unpaired) electrons. The Balaban J connectivity index is 1.80. The van der Waals surface area contributed by atoms with Crippen molar-refractivity contribution in [2.45, 2.75) is 44.9 Å². The predicted octanol–water partition coefficient (Wildman–Crippen LogP) is 5.88. The van der Waals surface area contributed by atoms with E-state index in [0.29, 0.717) is 24.0 Å². The molecule has 43 heavy (non-hydrogen) atoms. The molecule has 12 heteroatoms. The zero-order valence-electron chi connectivity index (χ0n) is 25.2. The van der Waals surface area contributed by atoms with Crippen LogP contribution in [-0.2, 0) is 20.2 Å². The first-order valence-corrected chi connectivity index (χ1v) is 15.3. The second-order valence-electron chi connectivity index (χ2n) is 11.1. The number of methoxy groups -OCH3 is 1. The summed E-state index contributed by atoms with van der Waals surface area (Å²) in [6.07, 6.45) is 3.07. The van der Waals surface area contributed by atoms with Crippen LogP contribution in [0.2, 0.25) is 0 Å². The summed E-state index contributed by atoms with van der Waals surface area (Å²) in [5.41, 5.74) is 0.848. The number of rotatable bonds is 13. The molecule has 0 unspecified atom stereocenters. The van der Waals surface area contributed by atoms with Crippen molar-refractivity contribution >= 4 is 15.8 Å². The van der Waals surface area contributed by atoms with E-state index >= 15 is 0 Å². The van der Waals surface area contributed by atoms with Crippen LogP contribution in [0.1, 0.15) is 40.2 Å². The third-order valence-electron chi connectivity index (χ3n) is 6.06. The third-order valence-corrected chi connectivity index (χ3v) is 7.42. The Kier molecular flexibility index (Phi) is 10.1. The van der Waals surface area contributed by atoms with Crippen LogP contribution >= 0.6 is 0 Å². The van der Waals surface area contributed by atoms with Crippen molar-refractivity contribution in [3.8, 4) is 34.8 Å². The zero-order valence-corrected chi connectivity index (χ0v) is 26.0. The molecule has 0 aliphatic rings. The molecule has 0 atom stereocenters. The average molecular weight is 608 g/mol. The fourth-order valence-corrected chi connectivity index (χ4v) is 4.86. The van der Waals surface area contributed by atoms with Gasteiger partial charge in [0.05, 0.1) is 18.6 Å². The highest BCUT2D eigenvalue weighted by atomic mass is 32.2. The number of nitrogens with one attached hydrogen (secondary N) is 1. The number of hydrogen-bond donors (Lipinski definition) is 1. The van der Waals surface area contributed by atoms with E-state index in [4.69, 9.17) is 18.9 Å². The molecule has 0 fully saturated rings. The number of anilines is 1. The normalized spacial score (nSPS) is 11.8. The molecular weight excluding hydrogens is 570 g/mol. The number of para-hydroxylation sites is 2. The molecule has 1 N–H and O–H groups in total. The summed E-state index contributed by atoms with van der Waals surface area (Å²) in [6.45, 7) is 11.2. The lowest BCUT2D eigenvalue weighted by Gasteiger charge is -2.20. The van der Waals surface area contributed by atoms with E-state index < -0.39 is 10.0 Å². The lowest BCUT2D eigenvalue weighted by atomic mass is 9.87. The van der Waals surface area contributed by atoms with Crippen molar-refractivity contribution in [1.82, 2.24) is 19.9 Å². The molecule has 0 aliphatic heterocycles. The van der Waals surface area contributed by atoms with E-state index in [9.17, 15) is 8.42 Å². The number of ether oxygens (including phenoxy) is 4. The molecular formula is C31H37N5O6S. The molecule has 228 valence electrons. The van der Waals surface area contributed by atoms with Gasteiger partial charge in [-0.05, 0) is 47.2 Å². The van der Waals surface area contributed by atoms with Crippen molar-refractivity contribution in [2.24, 2.45) is 5.92 Å². The molecule has 4 rings (SSSR count). The molecule has 0 saturated heterocycles. The fourth-order valence-electron chi connectivity index (χ4n) is 3.85. The maximum absolute atomic E-state index is 13.7. The van der Waals surface area contributed by atoms with Gasteiger partial charge in [0.15, 0.2) is 23.1 Å². The van der Waals surface area contributed by atoms with Crippen molar-refractivity contribution in [1.29, 1.82) is 0 Å². The summed E-state index contributed by atoms with van der Waals surface area (Å²) in [7, 11) is -2.63. The Morgan fingerprint density at radius 1 is 0.860 bits per heavy atom. The Morgan fingerprint density at radius 3 is 2.16 bits per heavy atom. The van der Waals surface area contributed by atoms with E-state index in [-0.39, 0.29) is 52.6 Å². The minimum atomic E-state index is -4.13. The first kappa shape index (κ1) is 31.6. The fraction of sp³-hybridized carbons (Fsp3) is 0.355. The standard InChI is InChI=1S/C31H37N5O6S/c1-21(2)20-40-18-19-41-30-26(42-25-11-8-7-10-24(25)39-6)27(34-29(35-30)28-32-16-9-17-33-28)36-43(37,38)23-14-12-22(13-15-23)31(3,4)5/h7-17,21H,18-20H2,1-6H3,(H,34,35,36). The zero-order chi connectivity index (χ0) is 31.0. The van der Waals surface area contributed by atoms with Gasteiger partial charge in [-0.25, -0.2) is 23.4 Å². The van der Waals surface area contributed by atoms with Crippen molar-refractivity contribution in [2.75, 3.05) is 31.7 Å². The van der Waals surface area contributed by atoms with Crippen molar-refractivity contribution in [3.05, 3.63) is 72.6 Å². The SMILES string of the molecule is COc1ccccc1Oc1c(NS(=O)(=O)c2ccc(C(C)(C)C)cc2)nc(-c2ncccn2)nc1OCCOCC(C)C. The lowest BCUT2D eigenvalue weighted by molar-refractivity contribution is 0.0799. The van der Waals surface area contributed by atoms with Gasteiger partial charge in [-0.15, -0.1) is 0 Å². The molecule has 11 nitrogen and oxygen atoms in total. The molecule has 2 heterocycles. The summed E-state index contributed by atoms with van der Waals surface area (Å²) < 4.78 is 53.2. The van der Waals surface area contributed by atoms with E-state index in [1.54, 1.807) is 54.6 Å². The maximum Gasteiger partial charge on any atom is 0.263 e. The van der Waals surface area contributed by atoms with Crippen LogP contribution in [0.4, 0.5) is 5.82 Å². The molecule has 0 aliphatic carbocycles.